The number of hydrogen-bond acceptors (Lipinski definition) is 4. The summed E-state index contributed by atoms with van der Waals surface area (Å²) in [5.41, 5.74) is -0.303. The van der Waals surface area contributed by atoms with E-state index in [0.717, 1.165) is 6.07 Å². The van der Waals surface area contributed by atoms with Crippen LogP contribution in [-0.2, 0) is 9.05 Å². The zero-order chi connectivity index (χ0) is 11.8. The number of nitrogens with zero attached hydrogens (tertiary/aromatic N) is 1. The van der Waals surface area contributed by atoms with Crippen LogP contribution in [0.25, 0.3) is 0 Å². The molecule has 8 heteroatoms. The molecule has 0 amide bonds. The van der Waals surface area contributed by atoms with Crippen LogP contribution in [-0.4, -0.2) is 13.3 Å². The molecule has 82 valence electrons. The molecule has 0 aromatic heterocycles. The summed E-state index contributed by atoms with van der Waals surface area (Å²) < 4.78 is 22.7. The molecule has 0 heterocycles. The van der Waals surface area contributed by atoms with Crippen molar-refractivity contribution in [2.75, 3.05) is 0 Å². The molecule has 0 saturated heterocycles. The van der Waals surface area contributed by atoms with Gasteiger partial charge in [0.05, 0.1) is 4.92 Å². The quantitative estimate of drug-likeness (QED) is 0.477. The molecule has 0 unspecified atom stereocenters. The molecule has 0 N–H and O–H groups in total. The molecule has 0 aliphatic rings. The van der Waals surface area contributed by atoms with Gasteiger partial charge >= 0.3 is 0 Å². The Labute approximate surface area is 98.7 Å². The molecule has 0 atom stereocenters. The van der Waals surface area contributed by atoms with Gasteiger partial charge in [-0.25, -0.2) is 8.42 Å². The first-order valence-electron chi connectivity index (χ1n) is 3.62. The van der Waals surface area contributed by atoms with Crippen LogP contribution in [0.2, 0.25) is 0 Å². The molecule has 5 nitrogen and oxygen atoms in total. The summed E-state index contributed by atoms with van der Waals surface area (Å²) in [5, 5.41) is 10.6. The van der Waals surface area contributed by atoms with E-state index in [1.54, 1.807) is 0 Å². The van der Waals surface area contributed by atoms with Crippen LogP contribution in [0.15, 0.2) is 21.5 Å². The maximum absolute atomic E-state index is 11.1. The fraction of sp³-hybridized carbons (Fsp3) is 0.143. The molecular weight excluding hydrogens is 310 g/mol. The zero-order valence-corrected chi connectivity index (χ0v) is 10.6. The predicted octanol–water partition coefficient (Wildman–Crippen LogP) is 2.59. The minimum absolute atomic E-state index is 0.228. The average Bonchev–Trinajstić information content (AvgIpc) is 1.99. The first-order chi connectivity index (χ1) is 6.73. The highest BCUT2D eigenvalue weighted by Gasteiger charge is 2.26. The first kappa shape index (κ1) is 12.4. The average molecular weight is 315 g/mol. The molecule has 0 saturated carbocycles. The van der Waals surface area contributed by atoms with Crippen molar-refractivity contribution >= 4 is 41.4 Å². The van der Waals surface area contributed by atoms with Gasteiger partial charge in [-0.1, -0.05) is 15.9 Å². The zero-order valence-electron chi connectivity index (χ0n) is 7.40. The summed E-state index contributed by atoms with van der Waals surface area (Å²) in [6, 6.07) is 2.55. The molecule has 15 heavy (non-hydrogen) atoms. The summed E-state index contributed by atoms with van der Waals surface area (Å²) in [6.07, 6.45) is 0. The number of nitro groups is 1. The molecule has 0 aliphatic carbocycles. The Bertz CT molecular complexity index is 528. The lowest BCUT2D eigenvalue weighted by molar-refractivity contribution is -0.387. The molecule has 1 rings (SSSR count). The van der Waals surface area contributed by atoms with E-state index in [2.05, 4.69) is 15.9 Å². The Morgan fingerprint density at radius 2 is 2.00 bits per heavy atom. The lowest BCUT2D eigenvalue weighted by atomic mass is 10.2. The van der Waals surface area contributed by atoms with Gasteiger partial charge in [-0.3, -0.25) is 10.1 Å². The third-order valence-corrected chi connectivity index (χ3v) is 3.60. The normalized spacial score (nSPS) is 11.4. The molecule has 0 bridgehead atoms. The van der Waals surface area contributed by atoms with Crippen molar-refractivity contribution in [3.63, 3.8) is 0 Å². The Kier molecular flexibility index (Phi) is 3.37. The maximum Gasteiger partial charge on any atom is 0.290 e. The Morgan fingerprint density at radius 1 is 1.47 bits per heavy atom. The van der Waals surface area contributed by atoms with Gasteiger partial charge in [0.2, 0.25) is 0 Å². The number of benzene rings is 1. The summed E-state index contributed by atoms with van der Waals surface area (Å²) in [4.78, 5) is 9.39. The van der Waals surface area contributed by atoms with Gasteiger partial charge in [-0.05, 0) is 18.6 Å². The first-order valence-corrected chi connectivity index (χ1v) is 6.73. The number of aryl methyl sites for hydroxylation is 1. The number of rotatable bonds is 2. The Morgan fingerprint density at radius 3 is 2.40 bits per heavy atom. The van der Waals surface area contributed by atoms with Crippen LogP contribution in [0, 0.1) is 17.0 Å². The smallest absolute Gasteiger partial charge is 0.258 e. The van der Waals surface area contributed by atoms with Gasteiger partial charge in [-0.2, -0.15) is 0 Å². The van der Waals surface area contributed by atoms with Gasteiger partial charge in [0.1, 0.15) is 0 Å². The second-order valence-electron chi connectivity index (χ2n) is 2.77. The van der Waals surface area contributed by atoms with Crippen molar-refractivity contribution in [3.05, 3.63) is 32.3 Å². The SMILES string of the molecule is Cc1cc(Br)cc([N+](=O)[O-])c1S(=O)(=O)Cl. The van der Waals surface area contributed by atoms with Gasteiger partial charge in [0.15, 0.2) is 4.90 Å². The van der Waals surface area contributed by atoms with E-state index in [4.69, 9.17) is 10.7 Å². The number of hydrogen-bond donors (Lipinski definition) is 0. The molecule has 1 aromatic carbocycles. The van der Waals surface area contributed by atoms with Gasteiger partial charge < -0.3 is 0 Å². The van der Waals surface area contributed by atoms with Crippen molar-refractivity contribution in [2.45, 2.75) is 11.8 Å². The monoisotopic (exact) mass is 313 g/mol. The molecule has 0 radical (unpaired) electrons. The summed E-state index contributed by atoms with van der Waals surface area (Å²) >= 11 is 3.04. The Balaban J connectivity index is 3.70. The second kappa shape index (κ2) is 4.07. The molecular formula is C7H5BrClNO4S. The fourth-order valence-corrected chi connectivity index (χ4v) is 3.15. The third kappa shape index (κ3) is 2.67. The standard InChI is InChI=1S/C7H5BrClNO4S/c1-4-2-5(8)3-6(10(11)12)7(4)15(9,13)14/h2-3H,1H3. The van der Waals surface area contributed by atoms with Crippen LogP contribution in [0.5, 0.6) is 0 Å². The van der Waals surface area contributed by atoms with Crippen LogP contribution in [0.4, 0.5) is 5.69 Å². The van der Waals surface area contributed by atoms with E-state index in [1.807, 2.05) is 0 Å². The van der Waals surface area contributed by atoms with E-state index in [1.165, 1.54) is 13.0 Å². The van der Waals surface area contributed by atoms with E-state index in [-0.39, 0.29) is 5.56 Å². The maximum atomic E-state index is 11.1. The topological polar surface area (TPSA) is 77.3 Å². The lowest BCUT2D eigenvalue weighted by Crippen LogP contribution is -2.01. The highest BCUT2D eigenvalue weighted by Crippen LogP contribution is 2.32. The van der Waals surface area contributed by atoms with E-state index >= 15 is 0 Å². The number of halogens is 2. The molecule has 0 spiro atoms. The molecule has 0 aliphatic heterocycles. The lowest BCUT2D eigenvalue weighted by Gasteiger charge is -2.03. The fourth-order valence-electron chi connectivity index (χ4n) is 1.17. The minimum atomic E-state index is -4.12. The molecule has 0 fully saturated rings. The van der Waals surface area contributed by atoms with Crippen LogP contribution >= 0.6 is 26.6 Å². The van der Waals surface area contributed by atoms with Gasteiger partial charge in [0, 0.05) is 21.2 Å². The van der Waals surface area contributed by atoms with Gasteiger partial charge in [-0.15, -0.1) is 0 Å². The van der Waals surface area contributed by atoms with Crippen LogP contribution in [0.1, 0.15) is 5.56 Å². The van der Waals surface area contributed by atoms with Crippen molar-refractivity contribution in [1.29, 1.82) is 0 Å². The second-order valence-corrected chi connectivity index (χ2v) is 6.18. The Hall–Kier alpha value is -0.660. The highest BCUT2D eigenvalue weighted by atomic mass is 79.9. The summed E-state index contributed by atoms with van der Waals surface area (Å²) in [5.74, 6) is 0. The summed E-state index contributed by atoms with van der Waals surface area (Å²) in [6.45, 7) is 1.44. The van der Waals surface area contributed by atoms with E-state index in [9.17, 15) is 18.5 Å². The minimum Gasteiger partial charge on any atom is -0.258 e. The van der Waals surface area contributed by atoms with Crippen molar-refractivity contribution < 1.29 is 13.3 Å². The molecule has 1 aromatic rings. The number of nitro benzene ring substituents is 1. The van der Waals surface area contributed by atoms with E-state index in [0.29, 0.717) is 4.47 Å². The summed E-state index contributed by atoms with van der Waals surface area (Å²) in [7, 11) is 1.00. The van der Waals surface area contributed by atoms with E-state index < -0.39 is 24.6 Å². The van der Waals surface area contributed by atoms with Crippen LogP contribution < -0.4 is 0 Å². The predicted molar refractivity (Wildman–Crippen MR) is 58.6 cm³/mol. The van der Waals surface area contributed by atoms with Crippen LogP contribution in [0.3, 0.4) is 0 Å². The van der Waals surface area contributed by atoms with Crippen molar-refractivity contribution in [2.24, 2.45) is 0 Å². The highest BCUT2D eigenvalue weighted by molar-refractivity contribution is 9.10. The third-order valence-electron chi connectivity index (χ3n) is 1.66. The largest absolute Gasteiger partial charge is 0.290 e. The van der Waals surface area contributed by atoms with Crippen molar-refractivity contribution in [3.8, 4) is 0 Å². The van der Waals surface area contributed by atoms with Crippen molar-refractivity contribution in [1.82, 2.24) is 0 Å². The van der Waals surface area contributed by atoms with Gasteiger partial charge in [0.25, 0.3) is 14.7 Å².